The van der Waals surface area contributed by atoms with Gasteiger partial charge in [0.25, 0.3) is 0 Å². The standard InChI is InChI=1S/C20H38O/c1-12-14-13(2)21-17(20(9,10)11)16(19(6,7)8)15(14)18(3,4)5/h13,16-17H,12H2,1-11H3. The van der Waals surface area contributed by atoms with Crippen LogP contribution in [-0.4, -0.2) is 12.2 Å². The summed E-state index contributed by atoms with van der Waals surface area (Å²) in [6.45, 7) is 25.7. The summed E-state index contributed by atoms with van der Waals surface area (Å²) in [5.74, 6) is 0.476. The van der Waals surface area contributed by atoms with Gasteiger partial charge in [-0.15, -0.1) is 0 Å². The molecule has 0 fully saturated rings. The summed E-state index contributed by atoms with van der Waals surface area (Å²) in [5, 5.41) is 0. The van der Waals surface area contributed by atoms with Gasteiger partial charge >= 0.3 is 0 Å². The molecule has 0 spiro atoms. The summed E-state index contributed by atoms with van der Waals surface area (Å²) in [6, 6.07) is 0. The Bertz CT molecular complexity index is 395. The molecule has 1 nitrogen and oxygen atoms in total. The lowest BCUT2D eigenvalue weighted by atomic mass is 9.59. The third-order valence-electron chi connectivity index (χ3n) is 4.78. The van der Waals surface area contributed by atoms with Crippen molar-refractivity contribution in [1.82, 2.24) is 0 Å². The van der Waals surface area contributed by atoms with E-state index in [9.17, 15) is 0 Å². The second-order valence-corrected chi connectivity index (χ2v) is 9.95. The van der Waals surface area contributed by atoms with E-state index in [0.717, 1.165) is 6.42 Å². The zero-order valence-corrected chi connectivity index (χ0v) is 16.3. The van der Waals surface area contributed by atoms with Crippen LogP contribution in [0.1, 0.15) is 82.6 Å². The van der Waals surface area contributed by atoms with Crippen LogP contribution in [0, 0.1) is 22.2 Å². The first-order valence-electron chi connectivity index (χ1n) is 8.60. The molecule has 0 aliphatic carbocycles. The SMILES string of the molecule is CCC1=C(C(C)(C)C)C(C(C)(C)C)C(C(C)(C)C)OC1C. The molecule has 0 radical (unpaired) electrons. The molecule has 124 valence electrons. The highest BCUT2D eigenvalue weighted by Crippen LogP contribution is 2.52. The second kappa shape index (κ2) is 5.72. The van der Waals surface area contributed by atoms with Crippen LogP contribution in [0.15, 0.2) is 11.1 Å². The van der Waals surface area contributed by atoms with Crippen LogP contribution in [0.5, 0.6) is 0 Å². The van der Waals surface area contributed by atoms with E-state index >= 15 is 0 Å². The first kappa shape index (κ1) is 18.7. The molecule has 1 heteroatoms. The van der Waals surface area contributed by atoms with Crippen LogP contribution in [0.2, 0.25) is 0 Å². The Morgan fingerprint density at radius 1 is 0.857 bits per heavy atom. The molecule has 0 amide bonds. The second-order valence-electron chi connectivity index (χ2n) is 9.95. The maximum Gasteiger partial charge on any atom is 0.0764 e. The van der Waals surface area contributed by atoms with Crippen LogP contribution in [0.25, 0.3) is 0 Å². The Morgan fingerprint density at radius 2 is 1.33 bits per heavy atom. The van der Waals surface area contributed by atoms with Crippen molar-refractivity contribution >= 4 is 0 Å². The van der Waals surface area contributed by atoms with Crippen molar-refractivity contribution in [1.29, 1.82) is 0 Å². The molecule has 0 N–H and O–H groups in total. The highest BCUT2D eigenvalue weighted by molar-refractivity contribution is 5.31. The van der Waals surface area contributed by atoms with Crippen LogP contribution in [-0.2, 0) is 4.74 Å². The van der Waals surface area contributed by atoms with Crippen molar-refractivity contribution in [3.05, 3.63) is 11.1 Å². The minimum atomic E-state index is 0.155. The fourth-order valence-corrected chi connectivity index (χ4v) is 3.97. The largest absolute Gasteiger partial charge is 0.370 e. The van der Waals surface area contributed by atoms with Gasteiger partial charge in [-0.3, -0.25) is 0 Å². The summed E-state index contributed by atoms with van der Waals surface area (Å²) < 4.78 is 6.56. The summed E-state index contributed by atoms with van der Waals surface area (Å²) in [5.41, 5.74) is 3.74. The molecule has 0 saturated carbocycles. The highest BCUT2D eigenvalue weighted by Gasteiger charge is 2.48. The predicted molar refractivity (Wildman–Crippen MR) is 93.5 cm³/mol. The molecule has 3 unspecified atom stereocenters. The lowest BCUT2D eigenvalue weighted by molar-refractivity contribution is -0.112. The van der Waals surface area contributed by atoms with Crippen molar-refractivity contribution < 1.29 is 4.74 Å². The topological polar surface area (TPSA) is 9.23 Å². The van der Waals surface area contributed by atoms with Gasteiger partial charge in [-0.05, 0) is 35.2 Å². The van der Waals surface area contributed by atoms with Gasteiger partial charge in [-0.2, -0.15) is 0 Å². The Hall–Kier alpha value is -0.300. The monoisotopic (exact) mass is 294 g/mol. The number of hydrogen-bond acceptors (Lipinski definition) is 1. The first-order chi connectivity index (χ1) is 9.21. The first-order valence-corrected chi connectivity index (χ1v) is 8.60. The van der Waals surface area contributed by atoms with Crippen LogP contribution >= 0.6 is 0 Å². The van der Waals surface area contributed by atoms with Gasteiger partial charge in [0.1, 0.15) is 0 Å². The number of rotatable bonds is 1. The van der Waals surface area contributed by atoms with E-state index in [-0.39, 0.29) is 28.5 Å². The number of ether oxygens (including phenoxy) is 1. The maximum absolute atomic E-state index is 6.56. The molecule has 0 aromatic heterocycles. The smallest absolute Gasteiger partial charge is 0.0764 e. The third kappa shape index (κ3) is 3.92. The zero-order chi connectivity index (χ0) is 16.8. The van der Waals surface area contributed by atoms with Crippen molar-refractivity contribution in [3.63, 3.8) is 0 Å². The highest BCUT2D eigenvalue weighted by atomic mass is 16.5. The minimum absolute atomic E-state index is 0.155. The quantitative estimate of drug-likeness (QED) is 0.520. The van der Waals surface area contributed by atoms with Gasteiger partial charge in [-0.1, -0.05) is 74.8 Å². The fourth-order valence-electron chi connectivity index (χ4n) is 3.97. The molecular weight excluding hydrogens is 256 g/mol. The third-order valence-corrected chi connectivity index (χ3v) is 4.78. The van der Waals surface area contributed by atoms with Crippen LogP contribution in [0.4, 0.5) is 0 Å². The van der Waals surface area contributed by atoms with Gasteiger partial charge in [0.05, 0.1) is 12.2 Å². The molecule has 1 aliphatic rings. The van der Waals surface area contributed by atoms with E-state index in [1.165, 1.54) is 5.57 Å². The summed E-state index contributed by atoms with van der Waals surface area (Å²) >= 11 is 0. The molecule has 0 saturated heterocycles. The Morgan fingerprint density at radius 3 is 1.62 bits per heavy atom. The summed E-state index contributed by atoms with van der Waals surface area (Å²) in [4.78, 5) is 0. The Labute approximate surface area is 133 Å². The van der Waals surface area contributed by atoms with Gasteiger partial charge in [-0.25, -0.2) is 0 Å². The lowest BCUT2D eigenvalue weighted by Crippen LogP contribution is -2.51. The molecule has 1 heterocycles. The lowest BCUT2D eigenvalue weighted by Gasteiger charge is -2.53. The van der Waals surface area contributed by atoms with E-state index in [4.69, 9.17) is 4.74 Å². The van der Waals surface area contributed by atoms with Gasteiger partial charge in [0.2, 0.25) is 0 Å². The van der Waals surface area contributed by atoms with Gasteiger partial charge < -0.3 is 4.74 Å². The summed E-state index contributed by atoms with van der Waals surface area (Å²) in [7, 11) is 0. The zero-order valence-electron chi connectivity index (χ0n) is 16.3. The Kier molecular flexibility index (Phi) is 5.11. The average molecular weight is 295 g/mol. The predicted octanol–water partition coefficient (Wildman–Crippen LogP) is 6.23. The van der Waals surface area contributed by atoms with Gasteiger partial charge in [0.15, 0.2) is 0 Å². The van der Waals surface area contributed by atoms with E-state index in [0.29, 0.717) is 5.92 Å². The molecule has 0 bridgehead atoms. The van der Waals surface area contributed by atoms with Crippen molar-refractivity contribution in [2.45, 2.75) is 94.8 Å². The molecule has 0 aromatic carbocycles. The summed E-state index contributed by atoms with van der Waals surface area (Å²) in [6.07, 6.45) is 1.61. The van der Waals surface area contributed by atoms with Gasteiger partial charge in [0, 0.05) is 5.92 Å². The maximum atomic E-state index is 6.56. The molecule has 1 rings (SSSR count). The normalized spacial score (nSPS) is 29.0. The van der Waals surface area contributed by atoms with E-state index in [1.807, 2.05) is 0 Å². The van der Waals surface area contributed by atoms with E-state index in [2.05, 4.69) is 76.2 Å². The van der Waals surface area contributed by atoms with Crippen molar-refractivity contribution in [2.75, 3.05) is 0 Å². The number of hydrogen-bond donors (Lipinski definition) is 0. The van der Waals surface area contributed by atoms with E-state index in [1.54, 1.807) is 5.57 Å². The molecule has 21 heavy (non-hydrogen) atoms. The van der Waals surface area contributed by atoms with Crippen molar-refractivity contribution in [3.8, 4) is 0 Å². The molecule has 1 aliphatic heterocycles. The van der Waals surface area contributed by atoms with E-state index < -0.39 is 0 Å². The molecule has 0 aromatic rings. The Balaban J connectivity index is 3.59. The minimum Gasteiger partial charge on any atom is -0.370 e. The average Bonchev–Trinajstić information content (AvgIpc) is 2.23. The van der Waals surface area contributed by atoms with Crippen LogP contribution < -0.4 is 0 Å². The molecular formula is C20H38O. The van der Waals surface area contributed by atoms with Crippen LogP contribution in [0.3, 0.4) is 0 Å². The van der Waals surface area contributed by atoms with Crippen molar-refractivity contribution in [2.24, 2.45) is 22.2 Å². The molecule has 3 atom stereocenters. The fraction of sp³-hybridized carbons (Fsp3) is 0.900.